The van der Waals surface area contributed by atoms with E-state index < -0.39 is 11.6 Å². The minimum Gasteiger partial charge on any atom is -0.265 e. The molecule has 4 heteroatoms. The van der Waals surface area contributed by atoms with E-state index in [1.54, 1.807) is 10.7 Å². The zero-order valence-corrected chi connectivity index (χ0v) is 9.17. The van der Waals surface area contributed by atoms with Gasteiger partial charge in [-0.05, 0) is 26.0 Å². The molecule has 2 aromatic rings. The number of hydrogen-bond donors (Lipinski definition) is 0. The molecule has 0 spiro atoms. The van der Waals surface area contributed by atoms with Crippen LogP contribution in [0.1, 0.15) is 17.0 Å². The maximum Gasteiger partial charge on any atom is 0.163 e. The number of rotatable bonds is 2. The summed E-state index contributed by atoms with van der Waals surface area (Å²) in [6.45, 7) is 4.01. The molecule has 0 N–H and O–H groups in total. The highest BCUT2D eigenvalue weighted by atomic mass is 19.2. The highest BCUT2D eigenvalue weighted by molar-refractivity contribution is 5.20. The van der Waals surface area contributed by atoms with Crippen molar-refractivity contribution in [2.75, 3.05) is 0 Å². The Hall–Kier alpha value is -1.71. The summed E-state index contributed by atoms with van der Waals surface area (Å²) in [4.78, 5) is 0. The van der Waals surface area contributed by atoms with E-state index in [-0.39, 0.29) is 6.54 Å². The number of benzene rings is 1. The van der Waals surface area contributed by atoms with Gasteiger partial charge in [0.25, 0.3) is 0 Å². The summed E-state index contributed by atoms with van der Waals surface area (Å²) < 4.78 is 28.1. The molecule has 2 nitrogen and oxygen atoms in total. The molecule has 0 radical (unpaired) electrons. The molecule has 0 unspecified atom stereocenters. The van der Waals surface area contributed by atoms with Crippen LogP contribution in [0.4, 0.5) is 8.78 Å². The second-order valence-electron chi connectivity index (χ2n) is 3.80. The van der Waals surface area contributed by atoms with Gasteiger partial charge < -0.3 is 0 Å². The second kappa shape index (κ2) is 4.04. The third-order valence-electron chi connectivity index (χ3n) is 2.46. The van der Waals surface area contributed by atoms with Crippen molar-refractivity contribution in [2.24, 2.45) is 0 Å². The topological polar surface area (TPSA) is 17.8 Å². The molecule has 0 aliphatic carbocycles. The SMILES string of the molecule is Cc1cc(C)n(Cc2cccc(F)c2F)n1. The van der Waals surface area contributed by atoms with Crippen molar-refractivity contribution in [3.05, 3.63) is 52.9 Å². The fourth-order valence-electron chi connectivity index (χ4n) is 1.67. The summed E-state index contributed by atoms with van der Waals surface area (Å²) in [6.07, 6.45) is 0. The first-order valence-electron chi connectivity index (χ1n) is 5.02. The zero-order chi connectivity index (χ0) is 11.7. The molecule has 1 aromatic carbocycles. The summed E-state index contributed by atoms with van der Waals surface area (Å²) >= 11 is 0. The molecule has 2 rings (SSSR count). The summed E-state index contributed by atoms with van der Waals surface area (Å²) in [5.41, 5.74) is 2.11. The Balaban J connectivity index is 2.34. The number of aryl methyl sites for hydroxylation is 2. The molecular weight excluding hydrogens is 210 g/mol. The van der Waals surface area contributed by atoms with E-state index in [9.17, 15) is 8.78 Å². The van der Waals surface area contributed by atoms with Crippen molar-refractivity contribution in [1.29, 1.82) is 0 Å². The predicted octanol–water partition coefficient (Wildman–Crippen LogP) is 2.83. The summed E-state index contributed by atoms with van der Waals surface area (Å²) in [6, 6.07) is 6.07. The molecule has 0 saturated carbocycles. The van der Waals surface area contributed by atoms with E-state index in [1.165, 1.54) is 6.07 Å². The smallest absolute Gasteiger partial charge is 0.163 e. The lowest BCUT2D eigenvalue weighted by Crippen LogP contribution is -2.06. The first-order chi connectivity index (χ1) is 7.58. The Morgan fingerprint density at radius 1 is 1.25 bits per heavy atom. The molecule has 0 bridgehead atoms. The molecule has 16 heavy (non-hydrogen) atoms. The highest BCUT2D eigenvalue weighted by Crippen LogP contribution is 2.13. The van der Waals surface area contributed by atoms with E-state index in [0.29, 0.717) is 5.56 Å². The van der Waals surface area contributed by atoms with Crippen LogP contribution < -0.4 is 0 Å². The fraction of sp³-hybridized carbons (Fsp3) is 0.250. The Kier molecular flexibility index (Phi) is 2.73. The van der Waals surface area contributed by atoms with Crippen molar-refractivity contribution in [3.63, 3.8) is 0 Å². The van der Waals surface area contributed by atoms with E-state index in [4.69, 9.17) is 0 Å². The van der Waals surface area contributed by atoms with Gasteiger partial charge in [0.05, 0.1) is 12.2 Å². The van der Waals surface area contributed by atoms with Gasteiger partial charge in [-0.2, -0.15) is 5.10 Å². The Morgan fingerprint density at radius 3 is 2.62 bits per heavy atom. The van der Waals surface area contributed by atoms with Gasteiger partial charge in [-0.15, -0.1) is 0 Å². The van der Waals surface area contributed by atoms with E-state index >= 15 is 0 Å². The van der Waals surface area contributed by atoms with Crippen molar-refractivity contribution >= 4 is 0 Å². The van der Waals surface area contributed by atoms with Crippen LogP contribution in [0.15, 0.2) is 24.3 Å². The summed E-state index contributed by atoms with van der Waals surface area (Å²) in [7, 11) is 0. The minimum atomic E-state index is -0.820. The standard InChI is InChI=1S/C12H12F2N2/c1-8-6-9(2)16(15-8)7-10-4-3-5-11(13)12(10)14/h3-6H,7H2,1-2H3. The molecule has 0 amide bonds. The van der Waals surface area contributed by atoms with Gasteiger partial charge in [0.1, 0.15) is 0 Å². The van der Waals surface area contributed by atoms with Crippen LogP contribution in [0.25, 0.3) is 0 Å². The van der Waals surface area contributed by atoms with Crippen molar-refractivity contribution in [3.8, 4) is 0 Å². The molecule has 1 heterocycles. The van der Waals surface area contributed by atoms with E-state index in [1.807, 2.05) is 19.9 Å². The minimum absolute atomic E-state index is 0.253. The normalized spacial score (nSPS) is 10.8. The molecule has 84 valence electrons. The molecule has 0 aliphatic heterocycles. The Morgan fingerprint density at radius 2 is 2.00 bits per heavy atom. The lowest BCUT2D eigenvalue weighted by molar-refractivity contribution is 0.490. The highest BCUT2D eigenvalue weighted by Gasteiger charge is 2.09. The fourth-order valence-corrected chi connectivity index (χ4v) is 1.67. The van der Waals surface area contributed by atoms with Crippen molar-refractivity contribution in [1.82, 2.24) is 9.78 Å². The van der Waals surface area contributed by atoms with Gasteiger partial charge >= 0.3 is 0 Å². The average Bonchev–Trinajstić information content (AvgIpc) is 2.53. The van der Waals surface area contributed by atoms with Crippen molar-refractivity contribution < 1.29 is 8.78 Å². The zero-order valence-electron chi connectivity index (χ0n) is 9.17. The van der Waals surface area contributed by atoms with E-state index in [0.717, 1.165) is 17.5 Å². The number of hydrogen-bond acceptors (Lipinski definition) is 1. The van der Waals surface area contributed by atoms with Gasteiger partial charge in [-0.25, -0.2) is 8.78 Å². The number of nitrogens with zero attached hydrogens (tertiary/aromatic N) is 2. The maximum absolute atomic E-state index is 13.4. The van der Waals surface area contributed by atoms with Gasteiger partial charge in [0, 0.05) is 11.3 Å². The average molecular weight is 222 g/mol. The first-order valence-corrected chi connectivity index (χ1v) is 5.02. The predicted molar refractivity (Wildman–Crippen MR) is 57.2 cm³/mol. The summed E-state index contributed by atoms with van der Waals surface area (Å²) in [5, 5.41) is 4.20. The lowest BCUT2D eigenvalue weighted by Gasteiger charge is -2.06. The second-order valence-corrected chi connectivity index (χ2v) is 3.80. The summed E-state index contributed by atoms with van der Waals surface area (Å²) in [5.74, 6) is -1.62. The number of halogens is 2. The molecule has 1 aromatic heterocycles. The lowest BCUT2D eigenvalue weighted by atomic mass is 10.2. The van der Waals surface area contributed by atoms with Crippen LogP contribution in [-0.2, 0) is 6.54 Å². The maximum atomic E-state index is 13.4. The van der Waals surface area contributed by atoms with Crippen LogP contribution in [0.5, 0.6) is 0 Å². The van der Waals surface area contributed by atoms with Crippen LogP contribution in [0.3, 0.4) is 0 Å². The van der Waals surface area contributed by atoms with Crippen LogP contribution >= 0.6 is 0 Å². The van der Waals surface area contributed by atoms with Gasteiger partial charge in [0.15, 0.2) is 11.6 Å². The van der Waals surface area contributed by atoms with Crippen LogP contribution in [0.2, 0.25) is 0 Å². The van der Waals surface area contributed by atoms with E-state index in [2.05, 4.69) is 5.10 Å². The van der Waals surface area contributed by atoms with Gasteiger partial charge in [0.2, 0.25) is 0 Å². The van der Waals surface area contributed by atoms with Crippen LogP contribution in [0, 0.1) is 25.5 Å². The van der Waals surface area contributed by atoms with Gasteiger partial charge in [-0.3, -0.25) is 4.68 Å². The first kappa shape index (κ1) is 10.8. The quantitative estimate of drug-likeness (QED) is 0.764. The monoisotopic (exact) mass is 222 g/mol. The Bertz CT molecular complexity index is 518. The van der Waals surface area contributed by atoms with Gasteiger partial charge in [-0.1, -0.05) is 12.1 Å². The molecule has 0 aliphatic rings. The number of aromatic nitrogens is 2. The largest absolute Gasteiger partial charge is 0.265 e. The van der Waals surface area contributed by atoms with Crippen LogP contribution in [-0.4, -0.2) is 9.78 Å². The molecule has 0 saturated heterocycles. The molecule has 0 fully saturated rings. The molecule has 0 atom stereocenters. The van der Waals surface area contributed by atoms with Crippen molar-refractivity contribution in [2.45, 2.75) is 20.4 Å². The third-order valence-corrected chi connectivity index (χ3v) is 2.46. The third kappa shape index (κ3) is 1.96. The molecular formula is C12H12F2N2. The Labute approximate surface area is 92.5 Å².